The van der Waals surface area contributed by atoms with E-state index in [2.05, 4.69) is 15.0 Å². The van der Waals surface area contributed by atoms with Crippen molar-refractivity contribution in [1.29, 1.82) is 0 Å². The number of carbonyl (C=O) groups excluding carboxylic acids is 1. The molecule has 2 aromatic heterocycles. The van der Waals surface area contributed by atoms with Crippen LogP contribution in [0, 0.1) is 11.6 Å². The van der Waals surface area contributed by atoms with Gasteiger partial charge in [-0.15, -0.1) is 0 Å². The van der Waals surface area contributed by atoms with Gasteiger partial charge in [0.2, 0.25) is 5.88 Å². The highest BCUT2D eigenvalue weighted by Gasteiger charge is 2.48. The molecule has 3 aromatic rings. The van der Waals surface area contributed by atoms with Gasteiger partial charge in [0, 0.05) is 18.7 Å². The fraction of sp³-hybridized carbons (Fsp3) is 0.435. The second kappa shape index (κ2) is 9.33. The van der Waals surface area contributed by atoms with E-state index in [0.29, 0.717) is 5.52 Å². The van der Waals surface area contributed by atoms with Gasteiger partial charge in [-0.05, 0) is 18.2 Å². The van der Waals surface area contributed by atoms with Crippen LogP contribution in [0.15, 0.2) is 18.2 Å². The number of hydrogen-bond donors (Lipinski definition) is 3. The van der Waals surface area contributed by atoms with Gasteiger partial charge in [-0.25, -0.2) is 8.78 Å². The number of aliphatic hydroxyl groups excluding tert-OH is 2. The molecule has 3 aliphatic heterocycles. The number of amides is 1. The van der Waals surface area contributed by atoms with Crippen LogP contribution in [0.1, 0.15) is 15.9 Å². The number of β-amino-alcohol motifs (C(OH)–C–C–N with tert-alkyl or cyclic N) is 1. The van der Waals surface area contributed by atoms with Crippen molar-refractivity contribution in [2.45, 2.75) is 37.1 Å². The van der Waals surface area contributed by atoms with E-state index in [1.165, 1.54) is 11.0 Å². The number of likely N-dealkylation sites (tertiary alicyclic amines) is 1. The average molecular weight is 539 g/mol. The quantitative estimate of drug-likeness (QED) is 0.422. The van der Waals surface area contributed by atoms with Gasteiger partial charge in [0.05, 0.1) is 30.4 Å². The van der Waals surface area contributed by atoms with Crippen molar-refractivity contribution in [3.63, 3.8) is 0 Å². The molecule has 1 amide bonds. The van der Waals surface area contributed by atoms with Crippen molar-refractivity contribution in [2.75, 3.05) is 26.3 Å². The number of aliphatic hydroxyl groups is 2. The number of pyridine rings is 1. The Kier molecular flexibility index (Phi) is 6.12. The number of carbonyl (C=O) groups is 1. The highest BCUT2D eigenvalue weighted by Crippen LogP contribution is 2.32. The lowest BCUT2D eigenvalue weighted by Gasteiger charge is -2.35. The van der Waals surface area contributed by atoms with Crippen LogP contribution in [-0.4, -0.2) is 92.8 Å². The van der Waals surface area contributed by atoms with E-state index in [0.717, 1.165) is 12.1 Å². The Labute approximate surface area is 212 Å². The molecule has 5 heterocycles. The monoisotopic (exact) mass is 538 g/mol. The Bertz CT molecular complexity index is 1350. The van der Waals surface area contributed by atoms with Gasteiger partial charge in [-0.2, -0.15) is 9.97 Å². The molecule has 1 aromatic carbocycles. The van der Waals surface area contributed by atoms with E-state index >= 15 is 0 Å². The first-order chi connectivity index (χ1) is 17.8. The number of nitrogens with zero attached hydrogens (tertiary/aromatic N) is 3. The Morgan fingerprint density at radius 2 is 1.86 bits per heavy atom. The summed E-state index contributed by atoms with van der Waals surface area (Å²) in [6, 6.07) is 3.46. The number of halogens is 3. The van der Waals surface area contributed by atoms with Gasteiger partial charge >= 0.3 is 0 Å². The molecular formula is C23H21ClF2N4O7. The van der Waals surface area contributed by atoms with Crippen molar-refractivity contribution < 1.29 is 42.7 Å². The van der Waals surface area contributed by atoms with E-state index in [4.69, 9.17) is 30.5 Å². The molecule has 14 heteroatoms. The molecular weight excluding hydrogens is 518 g/mol. The smallest absolute Gasteiger partial charge is 0.296 e. The number of imidazole rings is 1. The number of fused-ring (bicyclic) bond motifs is 2. The molecule has 2 unspecified atom stereocenters. The van der Waals surface area contributed by atoms with Gasteiger partial charge < -0.3 is 39.0 Å². The van der Waals surface area contributed by atoms with E-state index in [9.17, 15) is 23.8 Å². The summed E-state index contributed by atoms with van der Waals surface area (Å²) in [5.41, 5.74) is 0.0601. The van der Waals surface area contributed by atoms with Gasteiger partial charge in [0.25, 0.3) is 11.9 Å². The number of aromatic amines is 1. The molecule has 11 nitrogen and oxygen atoms in total. The Balaban J connectivity index is 1.15. The lowest BCUT2D eigenvalue weighted by atomic mass is 10.1. The Morgan fingerprint density at radius 3 is 2.59 bits per heavy atom. The second-order valence-corrected chi connectivity index (χ2v) is 9.49. The fourth-order valence-corrected chi connectivity index (χ4v) is 4.74. The van der Waals surface area contributed by atoms with Crippen molar-refractivity contribution in [2.24, 2.45) is 0 Å². The standard InChI is InChI=1S/C23H21ClF2N4O7/c24-12-3-15-20(29-23(27-15)37-17-8-35-18-16(32)7-34-19(17)18)28-21(12)36-6-11-13(25)1-9(2-14(11)26)22(33)30-4-10(31)5-30/h1-3,10,16-19,31-32H,4-8H2,(H,27,28,29)/t16-,17-,18?,19?/m1/s1. The zero-order valence-corrected chi connectivity index (χ0v) is 19.8. The van der Waals surface area contributed by atoms with Crippen LogP contribution in [-0.2, 0) is 16.1 Å². The summed E-state index contributed by atoms with van der Waals surface area (Å²) in [5.74, 6) is -2.60. The fourth-order valence-electron chi connectivity index (χ4n) is 4.53. The maximum atomic E-state index is 14.6. The molecule has 196 valence electrons. The summed E-state index contributed by atoms with van der Waals surface area (Å²) >= 11 is 6.25. The van der Waals surface area contributed by atoms with Crippen LogP contribution >= 0.6 is 11.6 Å². The predicted octanol–water partition coefficient (Wildman–Crippen LogP) is 1.19. The van der Waals surface area contributed by atoms with Crippen LogP contribution in [0.3, 0.4) is 0 Å². The second-order valence-electron chi connectivity index (χ2n) is 9.08. The minimum atomic E-state index is -0.964. The number of rotatable bonds is 6. The summed E-state index contributed by atoms with van der Waals surface area (Å²) in [7, 11) is 0. The molecule has 3 fully saturated rings. The van der Waals surface area contributed by atoms with E-state index < -0.39 is 60.2 Å². The zero-order chi connectivity index (χ0) is 25.8. The van der Waals surface area contributed by atoms with Crippen LogP contribution < -0.4 is 9.47 Å². The Hall–Kier alpha value is -3.10. The third-order valence-electron chi connectivity index (χ3n) is 6.51. The molecule has 3 N–H and O–H groups in total. The zero-order valence-electron chi connectivity index (χ0n) is 19.1. The van der Waals surface area contributed by atoms with Crippen molar-refractivity contribution in [1.82, 2.24) is 19.9 Å². The minimum Gasteiger partial charge on any atom is -0.471 e. The maximum Gasteiger partial charge on any atom is 0.296 e. The lowest BCUT2D eigenvalue weighted by Crippen LogP contribution is -2.53. The third kappa shape index (κ3) is 4.46. The molecule has 4 atom stereocenters. The summed E-state index contributed by atoms with van der Waals surface area (Å²) in [6.45, 7) is 0.0735. The highest BCUT2D eigenvalue weighted by atomic mass is 35.5. The van der Waals surface area contributed by atoms with Crippen LogP contribution in [0.25, 0.3) is 11.2 Å². The third-order valence-corrected chi connectivity index (χ3v) is 6.78. The van der Waals surface area contributed by atoms with Crippen molar-refractivity contribution in [3.05, 3.63) is 46.0 Å². The molecule has 0 radical (unpaired) electrons. The highest BCUT2D eigenvalue weighted by molar-refractivity contribution is 6.32. The van der Waals surface area contributed by atoms with Gasteiger partial charge in [0.1, 0.15) is 41.6 Å². The van der Waals surface area contributed by atoms with E-state index in [1.54, 1.807) is 0 Å². The Morgan fingerprint density at radius 1 is 1.14 bits per heavy atom. The first kappa shape index (κ1) is 24.2. The molecule has 0 bridgehead atoms. The molecule has 3 saturated heterocycles. The van der Waals surface area contributed by atoms with E-state index in [-0.39, 0.29) is 54.4 Å². The first-order valence-corrected chi connectivity index (χ1v) is 11.9. The summed E-state index contributed by atoms with van der Waals surface area (Å²) in [5, 5.41) is 19.3. The number of H-pyrrole nitrogens is 1. The topological polar surface area (TPSA) is 139 Å². The number of ether oxygens (including phenoxy) is 4. The molecule has 37 heavy (non-hydrogen) atoms. The predicted molar refractivity (Wildman–Crippen MR) is 121 cm³/mol. The normalized spacial score (nSPS) is 25.4. The summed E-state index contributed by atoms with van der Waals surface area (Å²) in [6.07, 6.45) is -2.71. The van der Waals surface area contributed by atoms with Crippen LogP contribution in [0.5, 0.6) is 11.9 Å². The molecule has 0 spiro atoms. The van der Waals surface area contributed by atoms with Crippen molar-refractivity contribution in [3.8, 4) is 11.9 Å². The molecule has 3 aliphatic rings. The number of nitrogens with one attached hydrogen (secondary N) is 1. The SMILES string of the molecule is O=C(c1cc(F)c(COc2nc3nc(O[C@@H]4COC5C4OC[C@H]5O)[nH]c3cc2Cl)c(F)c1)N1CC(O)C1. The van der Waals surface area contributed by atoms with Crippen LogP contribution in [0.4, 0.5) is 8.78 Å². The number of hydrogen-bond acceptors (Lipinski definition) is 9. The number of aromatic nitrogens is 3. The molecule has 6 rings (SSSR count). The maximum absolute atomic E-state index is 14.6. The average Bonchev–Trinajstić information content (AvgIpc) is 3.52. The molecule has 0 aliphatic carbocycles. The van der Waals surface area contributed by atoms with Gasteiger partial charge in [-0.1, -0.05) is 11.6 Å². The molecule has 0 saturated carbocycles. The first-order valence-electron chi connectivity index (χ1n) is 11.5. The van der Waals surface area contributed by atoms with Gasteiger partial charge in [0.15, 0.2) is 11.8 Å². The van der Waals surface area contributed by atoms with Crippen LogP contribution in [0.2, 0.25) is 5.02 Å². The minimum absolute atomic E-state index is 0.0677. The summed E-state index contributed by atoms with van der Waals surface area (Å²) in [4.78, 5) is 25.0. The lowest BCUT2D eigenvalue weighted by molar-refractivity contribution is 0.00583. The van der Waals surface area contributed by atoms with Gasteiger partial charge in [-0.3, -0.25) is 4.79 Å². The number of benzene rings is 1. The van der Waals surface area contributed by atoms with Crippen molar-refractivity contribution >= 4 is 28.7 Å². The van der Waals surface area contributed by atoms with E-state index in [1.807, 2.05) is 0 Å². The largest absolute Gasteiger partial charge is 0.471 e. The summed E-state index contributed by atoms with van der Waals surface area (Å²) < 4.78 is 51.7.